The van der Waals surface area contributed by atoms with Crippen molar-refractivity contribution in [2.24, 2.45) is 5.92 Å². The van der Waals surface area contributed by atoms with Crippen LogP contribution in [0.5, 0.6) is 0 Å². The van der Waals surface area contributed by atoms with Gasteiger partial charge in [0.05, 0.1) is 0 Å². The first kappa shape index (κ1) is 15.3. The number of likely N-dealkylation sites (tertiary alicyclic amines) is 2. The van der Waals surface area contributed by atoms with Crippen molar-refractivity contribution < 1.29 is 0 Å². The lowest BCUT2D eigenvalue weighted by molar-refractivity contribution is 0.192. The van der Waals surface area contributed by atoms with E-state index in [0.29, 0.717) is 0 Å². The Morgan fingerprint density at radius 1 is 1.05 bits per heavy atom. The molecule has 1 atom stereocenters. The highest BCUT2D eigenvalue weighted by Crippen LogP contribution is 2.12. The summed E-state index contributed by atoms with van der Waals surface area (Å²) in [6.45, 7) is 13.7. The maximum Gasteiger partial charge on any atom is 0.00915 e. The molecule has 0 aromatic heterocycles. The molecule has 0 aliphatic carbocycles. The molecule has 112 valence electrons. The molecule has 2 aliphatic rings. The van der Waals surface area contributed by atoms with Crippen molar-refractivity contribution in [3.8, 4) is 0 Å². The fourth-order valence-corrected chi connectivity index (χ4v) is 3.52. The topological polar surface area (TPSA) is 18.5 Å². The molecule has 0 saturated carbocycles. The van der Waals surface area contributed by atoms with Crippen LogP contribution in [-0.4, -0.2) is 61.7 Å². The minimum Gasteiger partial charge on any atom is -0.314 e. The van der Waals surface area contributed by atoms with Crippen LogP contribution in [0.3, 0.4) is 0 Å². The maximum atomic E-state index is 3.80. The molecule has 2 heterocycles. The van der Waals surface area contributed by atoms with Crippen LogP contribution in [0.1, 0.15) is 46.0 Å². The van der Waals surface area contributed by atoms with Crippen molar-refractivity contribution in [2.45, 2.75) is 52.0 Å². The fourth-order valence-electron chi connectivity index (χ4n) is 3.52. The Morgan fingerprint density at radius 3 is 2.37 bits per heavy atom. The second-order valence-electron chi connectivity index (χ2n) is 6.64. The van der Waals surface area contributed by atoms with E-state index < -0.39 is 0 Å². The third-order valence-corrected chi connectivity index (χ3v) is 4.65. The maximum absolute atomic E-state index is 3.80. The first-order valence-electron chi connectivity index (χ1n) is 8.46. The van der Waals surface area contributed by atoms with Crippen LogP contribution in [0.2, 0.25) is 0 Å². The molecule has 0 aromatic rings. The lowest BCUT2D eigenvalue weighted by Crippen LogP contribution is -2.44. The van der Waals surface area contributed by atoms with Crippen LogP contribution in [0.25, 0.3) is 0 Å². The number of nitrogens with one attached hydrogen (secondary N) is 1. The molecule has 3 nitrogen and oxygen atoms in total. The predicted octanol–water partition coefficient (Wildman–Crippen LogP) is 2.18. The Balaban J connectivity index is 1.55. The Morgan fingerprint density at radius 2 is 1.74 bits per heavy atom. The van der Waals surface area contributed by atoms with Gasteiger partial charge in [-0.15, -0.1) is 0 Å². The van der Waals surface area contributed by atoms with E-state index in [4.69, 9.17) is 0 Å². The average molecular weight is 267 g/mol. The highest BCUT2D eigenvalue weighted by molar-refractivity contribution is 4.78. The summed E-state index contributed by atoms with van der Waals surface area (Å²) in [5.74, 6) is 0.798. The molecule has 2 aliphatic heterocycles. The summed E-state index contributed by atoms with van der Waals surface area (Å²) in [6, 6.07) is 0.772. The van der Waals surface area contributed by atoms with Crippen molar-refractivity contribution in [1.82, 2.24) is 15.1 Å². The van der Waals surface area contributed by atoms with E-state index in [2.05, 4.69) is 29.0 Å². The summed E-state index contributed by atoms with van der Waals surface area (Å²) < 4.78 is 0. The van der Waals surface area contributed by atoms with E-state index in [1.165, 1.54) is 77.9 Å². The molecule has 2 fully saturated rings. The van der Waals surface area contributed by atoms with Crippen molar-refractivity contribution in [2.75, 3.05) is 45.8 Å². The molecule has 0 radical (unpaired) electrons. The lowest BCUT2D eigenvalue weighted by atomic mass is 10.0. The van der Waals surface area contributed by atoms with Gasteiger partial charge in [-0.3, -0.25) is 0 Å². The van der Waals surface area contributed by atoms with Crippen molar-refractivity contribution in [1.29, 1.82) is 0 Å². The van der Waals surface area contributed by atoms with E-state index in [0.717, 1.165) is 12.0 Å². The van der Waals surface area contributed by atoms with Crippen LogP contribution in [0.4, 0.5) is 0 Å². The van der Waals surface area contributed by atoms with Gasteiger partial charge < -0.3 is 15.1 Å². The Hall–Kier alpha value is -0.120. The molecule has 2 rings (SSSR count). The molecule has 0 amide bonds. The van der Waals surface area contributed by atoms with Crippen molar-refractivity contribution in [3.05, 3.63) is 0 Å². The SMILES string of the molecule is CCCN1CCC(NCC(C)CN2CCCC2)CC1. The first-order valence-corrected chi connectivity index (χ1v) is 8.46. The van der Waals surface area contributed by atoms with E-state index >= 15 is 0 Å². The second kappa shape index (κ2) is 8.23. The van der Waals surface area contributed by atoms with Gasteiger partial charge in [0.2, 0.25) is 0 Å². The van der Waals surface area contributed by atoms with Gasteiger partial charge in [-0.1, -0.05) is 13.8 Å². The summed E-state index contributed by atoms with van der Waals surface area (Å²) in [5.41, 5.74) is 0. The zero-order valence-corrected chi connectivity index (χ0v) is 13.0. The minimum atomic E-state index is 0.772. The van der Waals surface area contributed by atoms with Crippen molar-refractivity contribution in [3.63, 3.8) is 0 Å². The third kappa shape index (κ3) is 5.41. The molecular formula is C16H33N3. The predicted molar refractivity (Wildman–Crippen MR) is 82.6 cm³/mol. The summed E-state index contributed by atoms with van der Waals surface area (Å²) >= 11 is 0. The van der Waals surface area contributed by atoms with Gasteiger partial charge in [0.15, 0.2) is 0 Å². The Labute approximate surface area is 119 Å². The van der Waals surface area contributed by atoms with E-state index in [-0.39, 0.29) is 0 Å². The number of hydrogen-bond acceptors (Lipinski definition) is 3. The van der Waals surface area contributed by atoms with Gasteiger partial charge in [-0.05, 0) is 77.3 Å². The second-order valence-corrected chi connectivity index (χ2v) is 6.64. The van der Waals surface area contributed by atoms with Gasteiger partial charge >= 0.3 is 0 Å². The minimum absolute atomic E-state index is 0.772. The van der Waals surface area contributed by atoms with Crippen LogP contribution >= 0.6 is 0 Å². The largest absolute Gasteiger partial charge is 0.314 e. The number of rotatable bonds is 7. The molecule has 0 bridgehead atoms. The summed E-state index contributed by atoms with van der Waals surface area (Å²) in [5, 5.41) is 3.80. The van der Waals surface area contributed by atoms with E-state index in [1.54, 1.807) is 0 Å². The van der Waals surface area contributed by atoms with Crippen LogP contribution < -0.4 is 5.32 Å². The molecular weight excluding hydrogens is 234 g/mol. The van der Waals surface area contributed by atoms with E-state index in [9.17, 15) is 0 Å². The van der Waals surface area contributed by atoms with E-state index in [1.807, 2.05) is 0 Å². The highest BCUT2D eigenvalue weighted by Gasteiger charge is 2.19. The van der Waals surface area contributed by atoms with Gasteiger partial charge in [0.25, 0.3) is 0 Å². The quantitative estimate of drug-likeness (QED) is 0.763. The standard InChI is InChI=1S/C16H33N3/c1-3-8-18-11-6-16(7-12-18)17-13-15(2)14-19-9-4-5-10-19/h15-17H,3-14H2,1-2H3. The molecule has 19 heavy (non-hydrogen) atoms. The monoisotopic (exact) mass is 267 g/mol. The molecule has 2 saturated heterocycles. The molecule has 3 heteroatoms. The van der Waals surface area contributed by atoms with Crippen molar-refractivity contribution >= 4 is 0 Å². The van der Waals surface area contributed by atoms with Crippen LogP contribution in [-0.2, 0) is 0 Å². The highest BCUT2D eigenvalue weighted by atomic mass is 15.2. The number of hydrogen-bond donors (Lipinski definition) is 1. The van der Waals surface area contributed by atoms with Crippen LogP contribution in [0, 0.1) is 5.92 Å². The average Bonchev–Trinajstić information content (AvgIpc) is 2.91. The Kier molecular flexibility index (Phi) is 6.62. The third-order valence-electron chi connectivity index (χ3n) is 4.65. The van der Waals surface area contributed by atoms with Gasteiger partial charge in [-0.25, -0.2) is 0 Å². The van der Waals surface area contributed by atoms with Gasteiger partial charge in [0.1, 0.15) is 0 Å². The van der Waals surface area contributed by atoms with Crippen LogP contribution in [0.15, 0.2) is 0 Å². The Bertz CT molecular complexity index is 230. The smallest absolute Gasteiger partial charge is 0.00915 e. The lowest BCUT2D eigenvalue weighted by Gasteiger charge is -2.33. The molecule has 1 unspecified atom stereocenters. The fraction of sp³-hybridized carbons (Fsp3) is 1.00. The number of piperidine rings is 1. The molecule has 0 aromatic carbocycles. The van der Waals surface area contributed by atoms with Gasteiger partial charge in [0, 0.05) is 12.6 Å². The zero-order valence-electron chi connectivity index (χ0n) is 13.0. The zero-order chi connectivity index (χ0) is 13.5. The van der Waals surface area contributed by atoms with Gasteiger partial charge in [-0.2, -0.15) is 0 Å². The molecule has 1 N–H and O–H groups in total. The first-order chi connectivity index (χ1) is 9.28. The normalized spacial score (nSPS) is 24.9. The molecule has 0 spiro atoms. The summed E-state index contributed by atoms with van der Waals surface area (Å²) in [6.07, 6.45) is 6.81. The summed E-state index contributed by atoms with van der Waals surface area (Å²) in [4.78, 5) is 5.25. The summed E-state index contributed by atoms with van der Waals surface area (Å²) in [7, 11) is 0. The number of nitrogens with zero attached hydrogens (tertiary/aromatic N) is 2.